The first-order valence-electron chi connectivity index (χ1n) is 6.23. The molecule has 0 aliphatic rings. The number of hydrogen-bond donors (Lipinski definition) is 3. The van der Waals surface area contributed by atoms with Crippen LogP contribution in [0.4, 0.5) is 5.69 Å². The summed E-state index contributed by atoms with van der Waals surface area (Å²) in [4.78, 5) is 11.0. The molecule has 0 heterocycles. The minimum Gasteiger partial charge on any atom is -0.464 e. The largest absolute Gasteiger partial charge is 0.464 e. The highest BCUT2D eigenvalue weighted by atomic mass is 79.9. The molecule has 116 valence electrons. The van der Waals surface area contributed by atoms with E-state index < -0.39 is 5.97 Å². The maximum absolute atomic E-state index is 11.0. The molecular formula is C14H25BrN2O3. The molecule has 0 bridgehead atoms. The first-order valence-corrected chi connectivity index (χ1v) is 7.02. The summed E-state index contributed by atoms with van der Waals surface area (Å²) in [7, 11) is 2.23. The molecule has 0 amide bonds. The second-order valence-corrected chi connectivity index (χ2v) is 3.51. The number of carbonyl (C=O) groups is 1. The highest BCUT2D eigenvalue weighted by Gasteiger charge is 2.14. The van der Waals surface area contributed by atoms with E-state index in [0.29, 0.717) is 11.3 Å². The maximum Gasteiger partial charge on any atom is 0.356 e. The molecule has 1 aromatic carbocycles. The Morgan fingerprint density at radius 1 is 1.25 bits per heavy atom. The highest BCUT2D eigenvalue weighted by molar-refractivity contribution is 9.10. The third-order valence-electron chi connectivity index (χ3n) is 1.67. The van der Waals surface area contributed by atoms with Gasteiger partial charge in [0.05, 0.1) is 7.11 Å². The standard InChI is InChI=1S/C9H9BrN2O2.2C2H6.CH4O/c1-14-9(13)8(12)6-3-2-5(10)4-7(6)11;3*1-2/h2-4,12H,11H2,1H3;2*1-2H3;2H,1H3. The minimum absolute atomic E-state index is 0.238. The lowest BCUT2D eigenvalue weighted by molar-refractivity contribution is -0.132. The van der Waals surface area contributed by atoms with Gasteiger partial charge < -0.3 is 15.6 Å². The van der Waals surface area contributed by atoms with Crippen LogP contribution >= 0.6 is 15.9 Å². The Morgan fingerprint density at radius 2 is 1.70 bits per heavy atom. The quantitative estimate of drug-likeness (QED) is 0.434. The van der Waals surface area contributed by atoms with Gasteiger partial charge in [-0.05, 0) is 18.2 Å². The Hall–Kier alpha value is -1.40. The number of methoxy groups -OCH3 is 1. The average Bonchev–Trinajstić information content (AvgIpc) is 2.52. The Labute approximate surface area is 129 Å². The fraction of sp³-hybridized carbons (Fsp3) is 0.429. The first-order chi connectivity index (χ1) is 9.56. The number of aliphatic hydroxyl groups is 1. The average molecular weight is 349 g/mol. The van der Waals surface area contributed by atoms with E-state index in [2.05, 4.69) is 20.7 Å². The molecule has 0 fully saturated rings. The molecule has 1 rings (SSSR count). The van der Waals surface area contributed by atoms with Gasteiger partial charge in [0, 0.05) is 22.8 Å². The number of rotatable bonds is 2. The molecule has 0 saturated heterocycles. The number of nitrogens with two attached hydrogens (primary N) is 1. The van der Waals surface area contributed by atoms with Crippen molar-refractivity contribution in [2.24, 2.45) is 0 Å². The number of nitrogen functional groups attached to an aromatic ring is 1. The molecule has 0 unspecified atom stereocenters. The van der Waals surface area contributed by atoms with Crippen LogP contribution in [0.2, 0.25) is 0 Å². The van der Waals surface area contributed by atoms with Crippen molar-refractivity contribution in [2.45, 2.75) is 27.7 Å². The van der Waals surface area contributed by atoms with Gasteiger partial charge in [0.25, 0.3) is 0 Å². The number of carbonyl (C=O) groups excluding carboxylic acids is 1. The molecule has 5 nitrogen and oxygen atoms in total. The number of benzene rings is 1. The fourth-order valence-corrected chi connectivity index (χ4v) is 1.35. The van der Waals surface area contributed by atoms with Gasteiger partial charge in [-0.1, -0.05) is 43.6 Å². The number of hydrogen-bond acceptors (Lipinski definition) is 5. The molecule has 6 heteroatoms. The number of aliphatic hydroxyl groups excluding tert-OH is 1. The van der Waals surface area contributed by atoms with E-state index in [1.165, 1.54) is 7.11 Å². The zero-order chi connectivity index (χ0) is 16.7. The van der Waals surface area contributed by atoms with Crippen LogP contribution in [0, 0.1) is 5.41 Å². The molecule has 20 heavy (non-hydrogen) atoms. The van der Waals surface area contributed by atoms with Crippen molar-refractivity contribution in [1.82, 2.24) is 0 Å². The van der Waals surface area contributed by atoms with E-state index in [0.717, 1.165) is 11.6 Å². The Morgan fingerprint density at radius 3 is 2.05 bits per heavy atom. The summed E-state index contributed by atoms with van der Waals surface area (Å²) in [6.45, 7) is 8.00. The van der Waals surface area contributed by atoms with Crippen molar-refractivity contribution in [3.05, 3.63) is 28.2 Å². The van der Waals surface area contributed by atoms with Crippen molar-refractivity contribution in [2.75, 3.05) is 20.0 Å². The maximum atomic E-state index is 11.0. The van der Waals surface area contributed by atoms with Crippen molar-refractivity contribution < 1.29 is 14.6 Å². The minimum atomic E-state index is -0.695. The summed E-state index contributed by atoms with van der Waals surface area (Å²) in [5, 5.41) is 14.5. The Balaban J connectivity index is -0.000000425. The molecule has 0 atom stereocenters. The molecule has 0 aliphatic carbocycles. The van der Waals surface area contributed by atoms with Gasteiger partial charge in [0.15, 0.2) is 0 Å². The fourth-order valence-electron chi connectivity index (χ4n) is 0.973. The van der Waals surface area contributed by atoms with E-state index in [1.807, 2.05) is 27.7 Å². The SMILES string of the molecule is CC.CC.CO.COC(=O)C(=N)c1ccc(Br)cc1N. The Kier molecular flexibility index (Phi) is 18.5. The van der Waals surface area contributed by atoms with E-state index >= 15 is 0 Å². The number of ether oxygens (including phenoxy) is 1. The lowest BCUT2D eigenvalue weighted by atomic mass is 10.1. The van der Waals surface area contributed by atoms with Crippen LogP contribution in [-0.4, -0.2) is 31.0 Å². The van der Waals surface area contributed by atoms with Crippen LogP contribution in [0.3, 0.4) is 0 Å². The lowest BCUT2D eigenvalue weighted by Gasteiger charge is -2.05. The van der Waals surface area contributed by atoms with E-state index in [4.69, 9.17) is 16.2 Å². The predicted octanol–water partition coefficient (Wildman–Crippen LogP) is 3.23. The molecular weight excluding hydrogens is 324 g/mol. The van der Waals surface area contributed by atoms with Crippen molar-refractivity contribution in [1.29, 1.82) is 5.41 Å². The predicted molar refractivity (Wildman–Crippen MR) is 88.2 cm³/mol. The van der Waals surface area contributed by atoms with Crippen molar-refractivity contribution in [3.63, 3.8) is 0 Å². The van der Waals surface area contributed by atoms with Gasteiger partial charge >= 0.3 is 5.97 Å². The molecule has 0 radical (unpaired) electrons. The number of halogens is 1. The topological polar surface area (TPSA) is 96.4 Å². The summed E-state index contributed by atoms with van der Waals surface area (Å²) >= 11 is 3.23. The van der Waals surface area contributed by atoms with E-state index in [9.17, 15) is 4.79 Å². The number of esters is 1. The number of anilines is 1. The molecule has 0 spiro atoms. The van der Waals surface area contributed by atoms with Crippen LogP contribution < -0.4 is 5.73 Å². The second kappa shape index (κ2) is 15.7. The summed E-state index contributed by atoms with van der Waals surface area (Å²) in [6.07, 6.45) is 0. The highest BCUT2D eigenvalue weighted by Crippen LogP contribution is 2.19. The third kappa shape index (κ3) is 8.66. The van der Waals surface area contributed by atoms with Gasteiger partial charge in [-0.15, -0.1) is 0 Å². The van der Waals surface area contributed by atoms with Crippen LogP contribution in [0.25, 0.3) is 0 Å². The monoisotopic (exact) mass is 348 g/mol. The van der Waals surface area contributed by atoms with Gasteiger partial charge in [-0.2, -0.15) is 0 Å². The molecule has 0 saturated carbocycles. The van der Waals surface area contributed by atoms with Gasteiger partial charge in [-0.3, -0.25) is 5.41 Å². The van der Waals surface area contributed by atoms with Crippen molar-refractivity contribution in [3.8, 4) is 0 Å². The molecule has 0 aromatic heterocycles. The van der Waals surface area contributed by atoms with Gasteiger partial charge in [0.1, 0.15) is 5.71 Å². The third-order valence-corrected chi connectivity index (χ3v) is 2.17. The smallest absolute Gasteiger partial charge is 0.356 e. The van der Waals surface area contributed by atoms with Crippen LogP contribution in [-0.2, 0) is 9.53 Å². The summed E-state index contributed by atoms with van der Waals surface area (Å²) < 4.78 is 5.22. The summed E-state index contributed by atoms with van der Waals surface area (Å²) in [5.41, 5.74) is 6.14. The van der Waals surface area contributed by atoms with Crippen LogP contribution in [0.5, 0.6) is 0 Å². The van der Waals surface area contributed by atoms with Crippen LogP contribution in [0.15, 0.2) is 22.7 Å². The molecule has 4 N–H and O–H groups in total. The molecule has 1 aromatic rings. The summed E-state index contributed by atoms with van der Waals surface area (Å²) in [5.74, 6) is -0.695. The summed E-state index contributed by atoms with van der Waals surface area (Å²) in [6, 6.07) is 4.94. The van der Waals surface area contributed by atoms with E-state index in [1.54, 1.807) is 18.2 Å². The molecule has 0 aliphatic heterocycles. The second-order valence-electron chi connectivity index (χ2n) is 2.60. The van der Waals surface area contributed by atoms with Crippen LogP contribution in [0.1, 0.15) is 33.3 Å². The van der Waals surface area contributed by atoms with Gasteiger partial charge in [0.2, 0.25) is 0 Å². The zero-order valence-corrected chi connectivity index (χ0v) is 14.5. The first kappa shape index (κ1) is 23.7. The zero-order valence-electron chi connectivity index (χ0n) is 13.0. The van der Waals surface area contributed by atoms with Crippen molar-refractivity contribution >= 4 is 33.3 Å². The number of nitrogens with one attached hydrogen (secondary N) is 1. The Bertz CT molecular complexity index is 396. The van der Waals surface area contributed by atoms with E-state index in [-0.39, 0.29) is 5.71 Å². The lowest BCUT2D eigenvalue weighted by Crippen LogP contribution is -2.17. The van der Waals surface area contributed by atoms with Gasteiger partial charge in [-0.25, -0.2) is 4.79 Å². The normalized spacial score (nSPS) is 7.60.